The van der Waals surface area contributed by atoms with E-state index in [9.17, 15) is 4.79 Å². The Morgan fingerprint density at radius 3 is 2.83 bits per heavy atom. The van der Waals surface area contributed by atoms with Crippen molar-refractivity contribution >= 4 is 22.6 Å². The largest absolute Gasteiger partial charge is 0.454 e. The molecule has 4 rings (SSSR count). The van der Waals surface area contributed by atoms with Crippen LogP contribution in [0.15, 0.2) is 36.4 Å². The normalized spacial score (nSPS) is 12.8. The quantitative estimate of drug-likeness (QED) is 0.771. The van der Waals surface area contributed by atoms with E-state index in [1.807, 2.05) is 18.2 Å². The zero-order valence-electron chi connectivity index (χ0n) is 13.4. The van der Waals surface area contributed by atoms with E-state index in [4.69, 9.17) is 9.47 Å². The Morgan fingerprint density at radius 2 is 2.00 bits per heavy atom. The molecule has 0 bridgehead atoms. The predicted molar refractivity (Wildman–Crippen MR) is 90.7 cm³/mol. The summed E-state index contributed by atoms with van der Waals surface area (Å²) >= 11 is 0. The third-order valence-electron chi connectivity index (χ3n) is 3.94. The van der Waals surface area contributed by atoms with Crippen LogP contribution in [-0.4, -0.2) is 22.7 Å². The van der Waals surface area contributed by atoms with E-state index in [2.05, 4.69) is 29.1 Å². The maximum atomic E-state index is 12.4. The zero-order chi connectivity index (χ0) is 16.7. The van der Waals surface area contributed by atoms with Crippen molar-refractivity contribution in [1.82, 2.24) is 9.97 Å². The topological polar surface area (TPSA) is 76.2 Å². The van der Waals surface area contributed by atoms with Crippen LogP contribution >= 0.6 is 0 Å². The number of imidazole rings is 1. The fourth-order valence-electron chi connectivity index (χ4n) is 2.62. The number of H-pyrrole nitrogens is 1. The molecule has 0 radical (unpaired) electrons. The van der Waals surface area contributed by atoms with Gasteiger partial charge < -0.3 is 19.8 Å². The number of hydrogen-bond acceptors (Lipinski definition) is 4. The average molecular weight is 323 g/mol. The van der Waals surface area contributed by atoms with Crippen molar-refractivity contribution in [3.63, 3.8) is 0 Å². The molecule has 0 fully saturated rings. The minimum absolute atomic E-state index is 0.190. The van der Waals surface area contributed by atoms with Gasteiger partial charge in [-0.25, -0.2) is 4.98 Å². The monoisotopic (exact) mass is 323 g/mol. The van der Waals surface area contributed by atoms with Crippen molar-refractivity contribution in [2.45, 2.75) is 19.8 Å². The van der Waals surface area contributed by atoms with Crippen LogP contribution in [-0.2, 0) is 0 Å². The van der Waals surface area contributed by atoms with Gasteiger partial charge in [-0.3, -0.25) is 4.79 Å². The van der Waals surface area contributed by atoms with E-state index in [-0.39, 0.29) is 12.7 Å². The highest BCUT2D eigenvalue weighted by molar-refractivity contribution is 6.05. The molecule has 3 aromatic rings. The second kappa shape index (κ2) is 5.56. The summed E-state index contributed by atoms with van der Waals surface area (Å²) in [5.74, 6) is 2.31. The highest BCUT2D eigenvalue weighted by atomic mass is 16.7. The molecule has 0 saturated carbocycles. The number of hydrogen-bond donors (Lipinski definition) is 2. The predicted octanol–water partition coefficient (Wildman–Crippen LogP) is 3.67. The first-order valence-corrected chi connectivity index (χ1v) is 7.81. The number of rotatable bonds is 3. The van der Waals surface area contributed by atoms with Crippen molar-refractivity contribution in [1.29, 1.82) is 0 Å². The van der Waals surface area contributed by atoms with Gasteiger partial charge in [0.15, 0.2) is 11.5 Å². The summed E-state index contributed by atoms with van der Waals surface area (Å²) in [7, 11) is 0. The number of aromatic amines is 1. The Balaban J connectivity index is 1.58. The van der Waals surface area contributed by atoms with Gasteiger partial charge in [-0.2, -0.15) is 0 Å². The molecule has 1 aliphatic rings. The second-order valence-corrected chi connectivity index (χ2v) is 6.03. The maximum Gasteiger partial charge on any atom is 0.255 e. The molecule has 24 heavy (non-hydrogen) atoms. The lowest BCUT2D eigenvalue weighted by atomic mass is 10.2. The molecule has 1 aromatic heterocycles. The van der Waals surface area contributed by atoms with Crippen LogP contribution in [0.4, 0.5) is 5.69 Å². The Hall–Kier alpha value is -3.02. The van der Waals surface area contributed by atoms with Crippen molar-refractivity contribution in [3.05, 3.63) is 47.8 Å². The smallest absolute Gasteiger partial charge is 0.255 e. The molecular weight excluding hydrogens is 306 g/mol. The van der Waals surface area contributed by atoms with Crippen molar-refractivity contribution in [2.75, 3.05) is 12.1 Å². The first-order chi connectivity index (χ1) is 11.6. The van der Waals surface area contributed by atoms with Crippen LogP contribution in [0.25, 0.3) is 11.0 Å². The summed E-state index contributed by atoms with van der Waals surface area (Å²) in [6.45, 7) is 4.36. The fraction of sp³-hybridized carbons (Fsp3) is 0.222. The number of nitrogens with one attached hydrogen (secondary N) is 2. The van der Waals surface area contributed by atoms with E-state index >= 15 is 0 Å². The van der Waals surface area contributed by atoms with Crippen LogP contribution in [0, 0.1) is 0 Å². The molecule has 0 atom stereocenters. The number of fused-ring (bicyclic) bond motifs is 2. The Morgan fingerprint density at radius 1 is 1.17 bits per heavy atom. The number of amides is 1. The van der Waals surface area contributed by atoms with Crippen molar-refractivity contribution in [3.8, 4) is 11.5 Å². The lowest BCUT2D eigenvalue weighted by Gasteiger charge is -2.06. The molecule has 1 amide bonds. The minimum Gasteiger partial charge on any atom is -0.454 e. The van der Waals surface area contributed by atoms with Crippen molar-refractivity contribution < 1.29 is 14.3 Å². The van der Waals surface area contributed by atoms with Crippen LogP contribution in [0.1, 0.15) is 35.9 Å². The summed E-state index contributed by atoms with van der Waals surface area (Å²) < 4.78 is 10.6. The fourth-order valence-corrected chi connectivity index (χ4v) is 2.62. The molecule has 0 aliphatic carbocycles. The number of anilines is 1. The summed E-state index contributed by atoms with van der Waals surface area (Å²) in [6, 6.07) is 10.8. The van der Waals surface area contributed by atoms with Gasteiger partial charge in [-0.15, -0.1) is 0 Å². The molecule has 2 N–H and O–H groups in total. The summed E-state index contributed by atoms with van der Waals surface area (Å²) in [6.07, 6.45) is 0. The van der Waals surface area contributed by atoms with Gasteiger partial charge >= 0.3 is 0 Å². The number of nitrogens with zero attached hydrogens (tertiary/aromatic N) is 1. The Bertz CT molecular complexity index is 930. The zero-order valence-corrected chi connectivity index (χ0v) is 13.4. The number of benzene rings is 2. The van der Waals surface area contributed by atoms with Gasteiger partial charge in [-0.05, 0) is 36.4 Å². The standard InChI is InChI=1S/C18H17N3O3/c1-10(2)17-20-13-5-4-12(8-14(13)21-17)19-18(22)11-3-6-15-16(7-11)24-9-23-15/h3-8,10H,9H2,1-2H3,(H,19,22)(H,20,21). The first-order valence-electron chi connectivity index (χ1n) is 7.81. The SMILES string of the molecule is CC(C)c1nc2ccc(NC(=O)c3ccc4c(c3)OCO4)cc2[nH]1. The third-order valence-corrected chi connectivity index (χ3v) is 3.94. The molecule has 0 spiro atoms. The highest BCUT2D eigenvalue weighted by Gasteiger charge is 2.16. The van der Waals surface area contributed by atoms with E-state index in [1.54, 1.807) is 18.2 Å². The van der Waals surface area contributed by atoms with E-state index < -0.39 is 0 Å². The molecular formula is C18H17N3O3. The molecule has 6 heteroatoms. The first kappa shape index (κ1) is 14.6. The number of ether oxygens (including phenoxy) is 2. The second-order valence-electron chi connectivity index (χ2n) is 6.03. The van der Waals surface area contributed by atoms with Gasteiger partial charge in [0.05, 0.1) is 11.0 Å². The number of carbonyl (C=O) groups excluding carboxylic acids is 1. The third kappa shape index (κ3) is 2.56. The molecule has 0 saturated heterocycles. The molecule has 0 unspecified atom stereocenters. The summed E-state index contributed by atoms with van der Waals surface area (Å²) in [5, 5.41) is 2.90. The average Bonchev–Trinajstić information content (AvgIpc) is 3.20. The summed E-state index contributed by atoms with van der Waals surface area (Å²) in [4.78, 5) is 20.2. The van der Waals surface area contributed by atoms with Gasteiger partial charge in [-0.1, -0.05) is 13.8 Å². The van der Waals surface area contributed by atoms with E-state index in [0.717, 1.165) is 16.9 Å². The van der Waals surface area contributed by atoms with E-state index in [1.165, 1.54) is 0 Å². The van der Waals surface area contributed by atoms with Crippen LogP contribution in [0.3, 0.4) is 0 Å². The maximum absolute atomic E-state index is 12.4. The van der Waals surface area contributed by atoms with Crippen LogP contribution in [0.5, 0.6) is 11.5 Å². The van der Waals surface area contributed by atoms with Gasteiger partial charge in [0, 0.05) is 17.2 Å². The number of carbonyl (C=O) groups is 1. The highest BCUT2D eigenvalue weighted by Crippen LogP contribution is 2.32. The van der Waals surface area contributed by atoms with Crippen molar-refractivity contribution in [2.24, 2.45) is 0 Å². The molecule has 2 aromatic carbocycles. The van der Waals surface area contributed by atoms with Gasteiger partial charge in [0.2, 0.25) is 6.79 Å². The van der Waals surface area contributed by atoms with Crippen LogP contribution in [0.2, 0.25) is 0 Å². The molecule has 2 heterocycles. The van der Waals surface area contributed by atoms with E-state index in [0.29, 0.717) is 28.7 Å². The Labute approximate surface area is 138 Å². The lowest BCUT2D eigenvalue weighted by Crippen LogP contribution is -2.11. The molecule has 1 aliphatic heterocycles. The van der Waals surface area contributed by atoms with Gasteiger partial charge in [0.1, 0.15) is 5.82 Å². The molecule has 122 valence electrons. The summed E-state index contributed by atoms with van der Waals surface area (Å²) in [5.41, 5.74) is 3.03. The minimum atomic E-state index is -0.198. The van der Waals surface area contributed by atoms with Crippen LogP contribution < -0.4 is 14.8 Å². The number of aromatic nitrogens is 2. The molecule has 6 nitrogen and oxygen atoms in total. The Kier molecular flexibility index (Phi) is 3.37. The van der Waals surface area contributed by atoms with Gasteiger partial charge in [0.25, 0.3) is 5.91 Å². The lowest BCUT2D eigenvalue weighted by molar-refractivity contribution is 0.102.